The quantitative estimate of drug-likeness (QED) is 0.0631. The van der Waals surface area contributed by atoms with E-state index in [1.165, 1.54) is 109 Å². The van der Waals surface area contributed by atoms with E-state index < -0.39 is 10.8 Å². The molecule has 0 aromatic carbocycles. The molecule has 11 nitrogen and oxygen atoms in total. The van der Waals surface area contributed by atoms with Crippen LogP contribution in [-0.4, -0.2) is 66.2 Å². The van der Waals surface area contributed by atoms with Gasteiger partial charge >= 0.3 is 29.8 Å². The molecule has 88 heavy (non-hydrogen) atoms. The Morgan fingerprint density at radius 3 is 1.35 bits per heavy atom. The Bertz CT molecular complexity index is 2630. The molecule has 0 spiro atoms. The lowest BCUT2D eigenvalue weighted by Crippen LogP contribution is -2.60. The van der Waals surface area contributed by atoms with E-state index >= 15 is 0 Å². The Morgan fingerprint density at radius 2 is 0.932 bits per heavy atom. The highest BCUT2D eigenvalue weighted by molar-refractivity contribution is 5.77. The zero-order valence-electron chi connectivity index (χ0n) is 57.0. The first kappa shape index (κ1) is 62.7. The minimum Gasteiger partial charge on any atom is -0.462 e. The second kappa shape index (κ2) is 22.5. The predicted octanol–water partition coefficient (Wildman–Crippen LogP) is 16.2. The zero-order chi connectivity index (χ0) is 62.1. The van der Waals surface area contributed by atoms with Gasteiger partial charge in [0.25, 0.3) is 0 Å². The normalized spacial score (nSPS) is 49.8. The van der Waals surface area contributed by atoms with Gasteiger partial charge in [-0.3, -0.25) is 24.0 Å². The van der Waals surface area contributed by atoms with E-state index in [1.807, 2.05) is 41.5 Å². The monoisotopic (exact) mass is 1220 g/mol. The van der Waals surface area contributed by atoms with Crippen LogP contribution in [0.15, 0.2) is 0 Å². The summed E-state index contributed by atoms with van der Waals surface area (Å²) in [6, 6.07) is 0. The van der Waals surface area contributed by atoms with Gasteiger partial charge in [0.05, 0.1) is 34.7 Å². The lowest BCUT2D eigenvalue weighted by Gasteiger charge is -2.60. The van der Waals surface area contributed by atoms with Crippen LogP contribution < -0.4 is 0 Å². The standard InChI is InChI=1S/C31H46O4.C30H44O4.C16H28O3/c1-5-30(3,4)29(33)34-25-15-19-14-24(25)27-22-12-18(26(19)27)13-23(22)28(32)35-31(6-2)20-8-16-7-17(10-20)11-21(31)9-16;1-5-29(2,3)28(32)33-24-14-18-13-23(24)26-21-11-17(25(18)26)12-22(21)27(31)34-30(4)19-7-15-6-16(9-19)10-20(30)8-15;1-6-11(2)13(17)18-10-19-14-15(3,4)12-7-8-16(14,5)9-12/h16-27H,5-15H2,1-4H3;15-26H,5-14H2,1-4H3;11-12,14H,6-10H2,1-5H3. The van der Waals surface area contributed by atoms with Crippen molar-refractivity contribution in [1.29, 1.82) is 0 Å². The molecule has 0 aromatic heterocycles. The molecule has 0 aliphatic heterocycles. The molecule has 20 unspecified atom stereocenters. The Labute approximate surface area is 530 Å². The molecule has 18 fully saturated rings. The summed E-state index contributed by atoms with van der Waals surface area (Å²) < 4.78 is 36.9. The highest BCUT2D eigenvalue weighted by Gasteiger charge is 2.70. The Balaban J connectivity index is 0.000000121. The molecule has 0 heterocycles. The van der Waals surface area contributed by atoms with Crippen molar-refractivity contribution in [3.8, 4) is 0 Å². The van der Waals surface area contributed by atoms with Crippen LogP contribution in [0.5, 0.6) is 0 Å². The fourth-order valence-electron chi connectivity index (χ4n) is 26.6. The lowest BCUT2D eigenvalue weighted by molar-refractivity contribution is -0.217. The van der Waals surface area contributed by atoms with Crippen LogP contribution in [-0.2, 0) is 52.4 Å². The largest absolute Gasteiger partial charge is 0.462 e. The molecule has 0 saturated heterocycles. The third kappa shape index (κ3) is 10.0. The van der Waals surface area contributed by atoms with Crippen LogP contribution in [0.1, 0.15) is 251 Å². The van der Waals surface area contributed by atoms with Gasteiger partial charge in [-0.15, -0.1) is 0 Å². The number of carbonyl (C=O) groups excluding carboxylic acids is 5. The average molecular weight is 1220 g/mol. The van der Waals surface area contributed by atoms with Crippen LogP contribution in [0, 0.1) is 164 Å². The first-order valence-corrected chi connectivity index (χ1v) is 37.4. The van der Waals surface area contributed by atoms with Crippen LogP contribution in [0.3, 0.4) is 0 Å². The van der Waals surface area contributed by atoms with Gasteiger partial charge in [-0.1, -0.05) is 55.4 Å². The Hall–Kier alpha value is -2.69. The summed E-state index contributed by atoms with van der Waals surface area (Å²) in [6.07, 6.45) is 29.8. The highest BCUT2D eigenvalue weighted by Crippen LogP contribution is 2.72. The van der Waals surface area contributed by atoms with E-state index in [1.54, 1.807) is 0 Å². The van der Waals surface area contributed by atoms with Crippen molar-refractivity contribution >= 4 is 29.8 Å². The molecule has 18 saturated carbocycles. The fraction of sp³-hybridized carbons (Fsp3) is 0.935. The summed E-state index contributed by atoms with van der Waals surface area (Å²) in [4.78, 5) is 65.0. The number of hydrogen-bond acceptors (Lipinski definition) is 11. The van der Waals surface area contributed by atoms with Gasteiger partial charge in [0, 0.05) is 0 Å². The maximum atomic E-state index is 13.9. The van der Waals surface area contributed by atoms with Gasteiger partial charge in [-0.05, 0) is 330 Å². The van der Waals surface area contributed by atoms with Gasteiger partial charge in [0.1, 0.15) is 23.4 Å². The number of esters is 5. The molecule has 18 aliphatic carbocycles. The summed E-state index contributed by atoms with van der Waals surface area (Å²) in [5.74, 6) is 14.2. The van der Waals surface area contributed by atoms with Gasteiger partial charge in [0.2, 0.25) is 0 Å². The van der Waals surface area contributed by atoms with E-state index in [9.17, 15) is 24.0 Å². The van der Waals surface area contributed by atoms with Crippen molar-refractivity contribution in [3.63, 3.8) is 0 Å². The molecule has 0 radical (unpaired) electrons. The molecular formula is C77H118O11. The van der Waals surface area contributed by atoms with Crippen LogP contribution >= 0.6 is 0 Å². The Kier molecular flexibility index (Phi) is 16.0. The van der Waals surface area contributed by atoms with Crippen LogP contribution in [0.4, 0.5) is 0 Å². The molecule has 0 aromatic rings. The van der Waals surface area contributed by atoms with E-state index in [0.717, 1.165) is 92.8 Å². The molecule has 18 bridgehead atoms. The Morgan fingerprint density at radius 1 is 0.500 bits per heavy atom. The smallest absolute Gasteiger partial charge is 0.311 e. The SMILES string of the molecule is CCC(C)(C)C(=O)OC1CC2CC1C1C3CC(CC3C(=O)OC3(C)C4CC5CC(C4)CC3C5)C21.CCC(C)(C)C(=O)OC1CC2CC1C1C3CC(CC3C(=O)OC3(CC)C4CC5CC(C4)CC3C5)C21.CCC(C)C(=O)OCOC1C2(C)CCC(C2)C1(C)C. The van der Waals surface area contributed by atoms with Crippen molar-refractivity contribution in [2.45, 2.75) is 280 Å². The third-order valence-electron chi connectivity index (χ3n) is 31.5. The topological polar surface area (TPSA) is 141 Å². The summed E-state index contributed by atoms with van der Waals surface area (Å²) in [5.41, 5.74) is -0.729. The molecule has 492 valence electrons. The third-order valence-corrected chi connectivity index (χ3v) is 31.5. The van der Waals surface area contributed by atoms with Gasteiger partial charge < -0.3 is 28.4 Å². The first-order valence-electron chi connectivity index (χ1n) is 37.4. The van der Waals surface area contributed by atoms with Crippen molar-refractivity contribution in [2.75, 3.05) is 6.79 Å². The average Bonchev–Trinajstić information content (AvgIpc) is 1.61. The van der Waals surface area contributed by atoms with Crippen LogP contribution in [0.25, 0.3) is 0 Å². The van der Waals surface area contributed by atoms with E-state index in [4.69, 9.17) is 28.4 Å². The predicted molar refractivity (Wildman–Crippen MR) is 336 cm³/mol. The fourth-order valence-corrected chi connectivity index (χ4v) is 26.6. The number of fused-ring (bicyclic) bond motifs is 20. The van der Waals surface area contributed by atoms with Crippen molar-refractivity contribution in [2.24, 2.45) is 164 Å². The van der Waals surface area contributed by atoms with Gasteiger partial charge in [-0.25, -0.2) is 0 Å². The molecule has 18 aliphatic rings. The number of hydrogen-bond donors (Lipinski definition) is 0. The lowest BCUT2D eigenvalue weighted by atomic mass is 9.49. The minimum absolute atomic E-state index is 0.0278. The molecule has 11 heteroatoms. The maximum absolute atomic E-state index is 13.9. The molecule has 0 amide bonds. The first-order chi connectivity index (χ1) is 41.7. The van der Waals surface area contributed by atoms with Crippen molar-refractivity contribution in [1.82, 2.24) is 0 Å². The minimum atomic E-state index is -0.407. The summed E-state index contributed by atoms with van der Waals surface area (Å²) in [6.45, 7) is 27.6. The number of rotatable bonds is 16. The maximum Gasteiger partial charge on any atom is 0.311 e. The van der Waals surface area contributed by atoms with Crippen molar-refractivity contribution in [3.05, 3.63) is 0 Å². The van der Waals surface area contributed by atoms with Gasteiger partial charge in [0.15, 0.2) is 6.79 Å². The molecule has 20 atom stereocenters. The second-order valence-corrected chi connectivity index (χ2v) is 36.8. The van der Waals surface area contributed by atoms with E-state index in [2.05, 4.69) is 48.5 Å². The summed E-state index contributed by atoms with van der Waals surface area (Å²) >= 11 is 0. The zero-order valence-corrected chi connectivity index (χ0v) is 57.0. The van der Waals surface area contributed by atoms with E-state index in [0.29, 0.717) is 82.9 Å². The summed E-state index contributed by atoms with van der Waals surface area (Å²) in [5, 5.41) is 0. The molecule has 0 N–H and O–H groups in total. The summed E-state index contributed by atoms with van der Waals surface area (Å²) in [7, 11) is 0. The van der Waals surface area contributed by atoms with Gasteiger partial charge in [-0.2, -0.15) is 0 Å². The molecule has 18 rings (SSSR count). The highest BCUT2D eigenvalue weighted by atomic mass is 16.7. The number of carbonyl (C=O) groups is 5. The molecular weight excluding hydrogens is 1100 g/mol. The van der Waals surface area contributed by atoms with Crippen molar-refractivity contribution < 1.29 is 52.4 Å². The van der Waals surface area contributed by atoms with Crippen LogP contribution in [0.2, 0.25) is 0 Å². The van der Waals surface area contributed by atoms with E-state index in [-0.39, 0.29) is 94.7 Å². The number of ether oxygens (including phenoxy) is 6. The second-order valence-electron chi connectivity index (χ2n) is 36.8.